The first-order valence-corrected chi connectivity index (χ1v) is 6.04. The van der Waals surface area contributed by atoms with E-state index in [4.69, 9.17) is 0 Å². The van der Waals surface area contributed by atoms with Gasteiger partial charge >= 0.3 is 0 Å². The van der Waals surface area contributed by atoms with Crippen molar-refractivity contribution in [1.82, 2.24) is 9.78 Å². The van der Waals surface area contributed by atoms with Crippen LogP contribution in [-0.2, 0) is 13.6 Å². The lowest BCUT2D eigenvalue weighted by atomic mass is 10.2. The van der Waals surface area contributed by atoms with Crippen LogP contribution in [0.1, 0.15) is 11.3 Å². The van der Waals surface area contributed by atoms with Gasteiger partial charge in [-0.05, 0) is 35.0 Å². The molecule has 3 nitrogen and oxygen atoms in total. The number of anilines is 1. The summed E-state index contributed by atoms with van der Waals surface area (Å²) in [6.45, 7) is 2.54. The Morgan fingerprint density at radius 3 is 2.82 bits per heavy atom. The SMILES string of the molecule is Cc1c(CNc2c(F)cccc2Br)cnn1C. The van der Waals surface area contributed by atoms with Gasteiger partial charge in [-0.1, -0.05) is 6.07 Å². The Kier molecular flexibility index (Phi) is 3.47. The molecule has 0 saturated heterocycles. The smallest absolute Gasteiger partial charge is 0.147 e. The van der Waals surface area contributed by atoms with Crippen LogP contribution in [0.15, 0.2) is 28.9 Å². The van der Waals surface area contributed by atoms with Crippen LogP contribution in [0.25, 0.3) is 0 Å². The first-order valence-electron chi connectivity index (χ1n) is 5.25. The summed E-state index contributed by atoms with van der Waals surface area (Å²) in [6.07, 6.45) is 1.79. The molecule has 1 aromatic heterocycles. The second kappa shape index (κ2) is 4.87. The molecule has 0 fully saturated rings. The Morgan fingerprint density at radius 1 is 1.47 bits per heavy atom. The number of hydrogen-bond acceptors (Lipinski definition) is 2. The van der Waals surface area contributed by atoms with Crippen LogP contribution in [0.4, 0.5) is 10.1 Å². The van der Waals surface area contributed by atoms with Gasteiger partial charge in [-0.2, -0.15) is 5.10 Å². The van der Waals surface area contributed by atoms with Crippen molar-refractivity contribution < 1.29 is 4.39 Å². The number of aromatic nitrogens is 2. The molecule has 1 aromatic carbocycles. The largest absolute Gasteiger partial charge is 0.378 e. The van der Waals surface area contributed by atoms with E-state index in [0.29, 0.717) is 12.2 Å². The molecule has 90 valence electrons. The van der Waals surface area contributed by atoms with E-state index in [-0.39, 0.29) is 5.82 Å². The van der Waals surface area contributed by atoms with E-state index >= 15 is 0 Å². The number of benzene rings is 1. The molecule has 2 aromatic rings. The van der Waals surface area contributed by atoms with Gasteiger partial charge in [-0.15, -0.1) is 0 Å². The predicted octanol–water partition coefficient (Wildman–Crippen LogP) is 3.24. The Hall–Kier alpha value is -1.36. The van der Waals surface area contributed by atoms with E-state index in [1.807, 2.05) is 20.0 Å². The fourth-order valence-corrected chi connectivity index (χ4v) is 2.05. The molecule has 0 saturated carbocycles. The summed E-state index contributed by atoms with van der Waals surface area (Å²) in [5.74, 6) is -0.263. The van der Waals surface area contributed by atoms with E-state index in [0.717, 1.165) is 15.7 Å². The molecule has 0 radical (unpaired) electrons. The van der Waals surface area contributed by atoms with Crippen molar-refractivity contribution in [3.05, 3.63) is 45.9 Å². The van der Waals surface area contributed by atoms with Crippen LogP contribution in [0.3, 0.4) is 0 Å². The van der Waals surface area contributed by atoms with E-state index in [2.05, 4.69) is 26.3 Å². The maximum Gasteiger partial charge on any atom is 0.147 e. The monoisotopic (exact) mass is 297 g/mol. The van der Waals surface area contributed by atoms with Gasteiger partial charge in [0.05, 0.1) is 11.9 Å². The summed E-state index contributed by atoms with van der Waals surface area (Å²) < 4.78 is 16.1. The molecule has 1 heterocycles. The van der Waals surface area contributed by atoms with E-state index in [1.165, 1.54) is 6.07 Å². The van der Waals surface area contributed by atoms with Crippen LogP contribution in [-0.4, -0.2) is 9.78 Å². The minimum atomic E-state index is -0.263. The molecule has 5 heteroatoms. The van der Waals surface area contributed by atoms with Crippen LogP contribution in [0, 0.1) is 12.7 Å². The lowest BCUT2D eigenvalue weighted by Crippen LogP contribution is -2.03. The first kappa shape index (κ1) is 12.1. The summed E-state index contributed by atoms with van der Waals surface area (Å²) >= 11 is 3.32. The Bertz CT molecular complexity index is 516. The highest BCUT2D eigenvalue weighted by atomic mass is 79.9. The lowest BCUT2D eigenvalue weighted by Gasteiger charge is -2.09. The molecule has 0 atom stereocenters. The van der Waals surface area contributed by atoms with E-state index in [1.54, 1.807) is 16.9 Å². The molecule has 0 spiro atoms. The number of nitrogens with one attached hydrogen (secondary N) is 1. The third-order valence-electron chi connectivity index (χ3n) is 2.76. The molecule has 0 aliphatic carbocycles. The molecule has 0 unspecified atom stereocenters. The third kappa shape index (κ3) is 2.49. The molecule has 1 N–H and O–H groups in total. The summed E-state index contributed by atoms with van der Waals surface area (Å²) in [7, 11) is 1.89. The van der Waals surface area contributed by atoms with Gasteiger partial charge in [0, 0.05) is 29.3 Å². The molecule has 2 rings (SSSR count). The van der Waals surface area contributed by atoms with Crippen molar-refractivity contribution in [2.45, 2.75) is 13.5 Å². The first-order chi connectivity index (χ1) is 8.09. The second-order valence-electron chi connectivity index (χ2n) is 3.83. The third-order valence-corrected chi connectivity index (χ3v) is 3.42. The number of halogens is 2. The van der Waals surface area contributed by atoms with E-state index in [9.17, 15) is 4.39 Å². The standard InChI is InChI=1S/C12H13BrFN3/c1-8-9(7-16-17(8)2)6-15-12-10(13)4-3-5-11(12)14/h3-5,7,15H,6H2,1-2H3. The zero-order chi connectivity index (χ0) is 12.4. The molecular formula is C12H13BrFN3. The molecule has 17 heavy (non-hydrogen) atoms. The number of aryl methyl sites for hydroxylation is 1. The molecule has 0 amide bonds. The number of para-hydroxylation sites is 1. The highest BCUT2D eigenvalue weighted by molar-refractivity contribution is 9.10. The van der Waals surface area contributed by atoms with Gasteiger partial charge in [0.2, 0.25) is 0 Å². The highest BCUT2D eigenvalue weighted by Gasteiger charge is 2.08. The quantitative estimate of drug-likeness (QED) is 0.942. The van der Waals surface area contributed by atoms with Gasteiger partial charge in [0.1, 0.15) is 5.82 Å². The van der Waals surface area contributed by atoms with Gasteiger partial charge in [0.15, 0.2) is 0 Å². The van der Waals surface area contributed by atoms with Crippen LogP contribution < -0.4 is 5.32 Å². The average Bonchev–Trinajstić information content (AvgIpc) is 2.60. The van der Waals surface area contributed by atoms with Gasteiger partial charge in [-0.25, -0.2) is 4.39 Å². The molecule has 0 aliphatic rings. The highest BCUT2D eigenvalue weighted by Crippen LogP contribution is 2.25. The number of nitrogens with zero attached hydrogens (tertiary/aromatic N) is 2. The van der Waals surface area contributed by atoms with Gasteiger partial charge in [0.25, 0.3) is 0 Å². The summed E-state index contributed by atoms with van der Waals surface area (Å²) in [4.78, 5) is 0. The van der Waals surface area contributed by atoms with Crippen molar-refractivity contribution in [2.24, 2.45) is 7.05 Å². The Labute approximate surface area is 108 Å². The zero-order valence-electron chi connectivity index (χ0n) is 9.67. The summed E-state index contributed by atoms with van der Waals surface area (Å²) in [5, 5.41) is 7.22. The van der Waals surface area contributed by atoms with Gasteiger partial charge in [-0.3, -0.25) is 4.68 Å². The molecule has 0 aliphatic heterocycles. The topological polar surface area (TPSA) is 29.9 Å². The Morgan fingerprint density at radius 2 is 2.24 bits per heavy atom. The van der Waals surface area contributed by atoms with Crippen molar-refractivity contribution in [3.63, 3.8) is 0 Å². The minimum absolute atomic E-state index is 0.263. The van der Waals surface area contributed by atoms with Crippen LogP contribution in [0.5, 0.6) is 0 Å². The van der Waals surface area contributed by atoms with Crippen LogP contribution in [0.2, 0.25) is 0 Å². The summed E-state index contributed by atoms with van der Waals surface area (Å²) in [5.41, 5.74) is 2.61. The fraction of sp³-hybridized carbons (Fsp3) is 0.250. The fourth-order valence-electron chi connectivity index (χ4n) is 1.57. The minimum Gasteiger partial charge on any atom is -0.378 e. The number of rotatable bonds is 3. The lowest BCUT2D eigenvalue weighted by molar-refractivity contribution is 0.629. The van der Waals surface area contributed by atoms with Crippen molar-refractivity contribution in [1.29, 1.82) is 0 Å². The maximum absolute atomic E-state index is 13.5. The van der Waals surface area contributed by atoms with Crippen molar-refractivity contribution in [3.8, 4) is 0 Å². The van der Waals surface area contributed by atoms with Crippen molar-refractivity contribution >= 4 is 21.6 Å². The molecule has 0 bridgehead atoms. The molecular weight excluding hydrogens is 285 g/mol. The predicted molar refractivity (Wildman–Crippen MR) is 69.4 cm³/mol. The van der Waals surface area contributed by atoms with E-state index < -0.39 is 0 Å². The number of hydrogen-bond donors (Lipinski definition) is 1. The normalized spacial score (nSPS) is 10.6. The average molecular weight is 298 g/mol. The summed E-state index contributed by atoms with van der Waals surface area (Å²) in [6, 6.07) is 4.91. The Balaban J connectivity index is 2.15. The van der Waals surface area contributed by atoms with Gasteiger partial charge < -0.3 is 5.32 Å². The van der Waals surface area contributed by atoms with Crippen LogP contribution >= 0.6 is 15.9 Å². The van der Waals surface area contributed by atoms with Crippen molar-refractivity contribution in [2.75, 3.05) is 5.32 Å². The maximum atomic E-state index is 13.5. The zero-order valence-corrected chi connectivity index (χ0v) is 11.3. The second-order valence-corrected chi connectivity index (χ2v) is 4.68.